The first-order valence-electron chi connectivity index (χ1n) is 6.88. The second-order valence-corrected chi connectivity index (χ2v) is 5.76. The number of para-hydroxylation sites is 1. The molecule has 2 nitrogen and oxygen atoms in total. The smallest absolute Gasteiger partial charge is 0.0639 e. The number of rotatable bonds is 3. The Morgan fingerprint density at radius 1 is 1.44 bits per heavy atom. The van der Waals surface area contributed by atoms with Gasteiger partial charge in [-0.05, 0) is 25.0 Å². The number of piperazine rings is 1. The fourth-order valence-electron chi connectivity index (χ4n) is 2.57. The monoisotopic (exact) mass is 266 g/mol. The Morgan fingerprint density at radius 2 is 2.17 bits per heavy atom. The summed E-state index contributed by atoms with van der Waals surface area (Å²) >= 11 is 6.32. The Balaban J connectivity index is 2.18. The van der Waals surface area contributed by atoms with Gasteiger partial charge in [-0.1, -0.05) is 44.0 Å². The molecule has 1 heterocycles. The van der Waals surface area contributed by atoms with Gasteiger partial charge in [-0.2, -0.15) is 0 Å². The highest BCUT2D eigenvalue weighted by Gasteiger charge is 2.28. The summed E-state index contributed by atoms with van der Waals surface area (Å²) in [4.78, 5) is 2.44. The van der Waals surface area contributed by atoms with Crippen LogP contribution in [0.3, 0.4) is 0 Å². The van der Waals surface area contributed by atoms with Gasteiger partial charge in [0.25, 0.3) is 0 Å². The summed E-state index contributed by atoms with van der Waals surface area (Å²) in [5.74, 6) is 0.697. The van der Waals surface area contributed by atoms with Crippen molar-refractivity contribution in [3.63, 3.8) is 0 Å². The first kappa shape index (κ1) is 13.7. The lowest BCUT2D eigenvalue weighted by Gasteiger charge is -2.42. The van der Waals surface area contributed by atoms with Crippen LogP contribution in [0.1, 0.15) is 27.2 Å². The molecule has 1 saturated heterocycles. The average Bonchev–Trinajstić information content (AvgIpc) is 2.39. The maximum Gasteiger partial charge on any atom is 0.0639 e. The lowest BCUT2D eigenvalue weighted by molar-refractivity contribution is 0.316. The average molecular weight is 267 g/mol. The molecule has 0 aromatic heterocycles. The molecule has 18 heavy (non-hydrogen) atoms. The van der Waals surface area contributed by atoms with Gasteiger partial charge >= 0.3 is 0 Å². The largest absolute Gasteiger partial charge is 0.365 e. The third-order valence-corrected chi connectivity index (χ3v) is 4.41. The number of anilines is 1. The van der Waals surface area contributed by atoms with E-state index in [1.807, 2.05) is 12.1 Å². The van der Waals surface area contributed by atoms with E-state index in [4.69, 9.17) is 11.6 Å². The fraction of sp³-hybridized carbons (Fsp3) is 0.600. The molecular weight excluding hydrogens is 244 g/mol. The molecule has 1 aliphatic rings. The predicted molar refractivity (Wildman–Crippen MR) is 79.5 cm³/mol. The minimum absolute atomic E-state index is 0.491. The summed E-state index contributed by atoms with van der Waals surface area (Å²) in [6, 6.07) is 9.20. The fourth-order valence-corrected chi connectivity index (χ4v) is 2.82. The molecule has 1 aromatic carbocycles. The summed E-state index contributed by atoms with van der Waals surface area (Å²) in [7, 11) is 0. The Labute approximate surface area is 115 Å². The number of nitrogens with zero attached hydrogens (tertiary/aromatic N) is 1. The summed E-state index contributed by atoms with van der Waals surface area (Å²) in [6.07, 6.45) is 1.21. The summed E-state index contributed by atoms with van der Waals surface area (Å²) in [6.45, 7) is 8.89. The van der Waals surface area contributed by atoms with Crippen LogP contribution in [-0.2, 0) is 0 Å². The number of hydrogen-bond acceptors (Lipinski definition) is 2. The maximum atomic E-state index is 6.32. The minimum Gasteiger partial charge on any atom is -0.365 e. The zero-order valence-electron chi connectivity index (χ0n) is 11.5. The highest BCUT2D eigenvalue weighted by atomic mass is 35.5. The number of nitrogens with one attached hydrogen (secondary N) is 1. The van der Waals surface area contributed by atoms with Crippen molar-refractivity contribution in [1.82, 2.24) is 5.32 Å². The highest BCUT2D eigenvalue weighted by Crippen LogP contribution is 2.29. The van der Waals surface area contributed by atoms with E-state index in [0.717, 1.165) is 18.1 Å². The molecule has 1 N–H and O–H groups in total. The third kappa shape index (κ3) is 2.81. The SMILES string of the molecule is CCC(C)C1CN(c2ccccc2Cl)C(C)CN1. The molecule has 0 saturated carbocycles. The molecule has 2 rings (SSSR count). The normalized spacial score (nSPS) is 26.1. The van der Waals surface area contributed by atoms with Crippen LogP contribution in [0.15, 0.2) is 24.3 Å². The van der Waals surface area contributed by atoms with Crippen LogP contribution in [0.25, 0.3) is 0 Å². The lowest BCUT2D eigenvalue weighted by Crippen LogP contribution is -2.57. The van der Waals surface area contributed by atoms with Crippen LogP contribution in [0.4, 0.5) is 5.69 Å². The van der Waals surface area contributed by atoms with E-state index in [-0.39, 0.29) is 0 Å². The van der Waals surface area contributed by atoms with E-state index < -0.39 is 0 Å². The Bertz CT molecular complexity index is 394. The topological polar surface area (TPSA) is 15.3 Å². The van der Waals surface area contributed by atoms with Gasteiger partial charge in [-0.15, -0.1) is 0 Å². The maximum absolute atomic E-state index is 6.32. The van der Waals surface area contributed by atoms with E-state index >= 15 is 0 Å². The number of halogens is 1. The van der Waals surface area contributed by atoms with Crippen molar-refractivity contribution >= 4 is 17.3 Å². The van der Waals surface area contributed by atoms with Gasteiger partial charge in [0.2, 0.25) is 0 Å². The molecule has 3 atom stereocenters. The summed E-state index contributed by atoms with van der Waals surface area (Å²) < 4.78 is 0. The molecule has 1 aromatic rings. The van der Waals surface area contributed by atoms with E-state index in [2.05, 4.69) is 43.1 Å². The standard InChI is InChI=1S/C15H23ClN2/c1-4-11(2)14-10-18(12(3)9-17-14)15-8-6-5-7-13(15)16/h5-8,11-12,14,17H,4,9-10H2,1-3H3. The Kier molecular flexibility index (Phi) is 4.52. The van der Waals surface area contributed by atoms with Crippen molar-refractivity contribution in [2.45, 2.75) is 39.3 Å². The molecule has 100 valence electrons. The van der Waals surface area contributed by atoms with Gasteiger partial charge in [0.15, 0.2) is 0 Å². The van der Waals surface area contributed by atoms with Gasteiger partial charge in [0.05, 0.1) is 10.7 Å². The second kappa shape index (κ2) is 5.94. The van der Waals surface area contributed by atoms with E-state index in [1.54, 1.807) is 0 Å². The van der Waals surface area contributed by atoms with Crippen molar-refractivity contribution < 1.29 is 0 Å². The first-order valence-corrected chi connectivity index (χ1v) is 7.25. The zero-order chi connectivity index (χ0) is 13.1. The van der Waals surface area contributed by atoms with E-state index in [9.17, 15) is 0 Å². The first-order chi connectivity index (χ1) is 8.63. The number of hydrogen-bond donors (Lipinski definition) is 1. The van der Waals surface area contributed by atoms with Gasteiger partial charge < -0.3 is 10.2 Å². The van der Waals surface area contributed by atoms with Crippen LogP contribution >= 0.6 is 11.6 Å². The van der Waals surface area contributed by atoms with Crippen LogP contribution in [0.2, 0.25) is 5.02 Å². The van der Waals surface area contributed by atoms with E-state index in [0.29, 0.717) is 18.0 Å². The van der Waals surface area contributed by atoms with Crippen molar-refractivity contribution in [3.8, 4) is 0 Å². The molecule has 0 bridgehead atoms. The predicted octanol–water partition coefficient (Wildman–Crippen LogP) is 3.55. The van der Waals surface area contributed by atoms with Crippen molar-refractivity contribution in [3.05, 3.63) is 29.3 Å². The van der Waals surface area contributed by atoms with Crippen molar-refractivity contribution in [2.24, 2.45) is 5.92 Å². The molecule has 0 aliphatic carbocycles. The Morgan fingerprint density at radius 3 is 2.83 bits per heavy atom. The molecular formula is C15H23ClN2. The quantitative estimate of drug-likeness (QED) is 0.900. The van der Waals surface area contributed by atoms with Gasteiger partial charge in [-0.25, -0.2) is 0 Å². The number of benzene rings is 1. The summed E-state index contributed by atoms with van der Waals surface area (Å²) in [5, 5.41) is 4.51. The van der Waals surface area contributed by atoms with Gasteiger partial charge in [0, 0.05) is 25.2 Å². The molecule has 1 fully saturated rings. The molecule has 0 amide bonds. The lowest BCUT2D eigenvalue weighted by atomic mass is 9.95. The van der Waals surface area contributed by atoms with Crippen molar-refractivity contribution in [1.29, 1.82) is 0 Å². The summed E-state index contributed by atoms with van der Waals surface area (Å²) in [5.41, 5.74) is 1.17. The molecule has 1 aliphatic heterocycles. The molecule has 0 spiro atoms. The van der Waals surface area contributed by atoms with Crippen LogP contribution < -0.4 is 10.2 Å². The highest BCUT2D eigenvalue weighted by molar-refractivity contribution is 6.33. The van der Waals surface area contributed by atoms with Crippen LogP contribution in [0.5, 0.6) is 0 Å². The van der Waals surface area contributed by atoms with Crippen LogP contribution in [0, 0.1) is 5.92 Å². The zero-order valence-corrected chi connectivity index (χ0v) is 12.2. The molecule has 0 radical (unpaired) electrons. The molecule has 3 unspecified atom stereocenters. The molecule has 3 heteroatoms. The van der Waals surface area contributed by atoms with Gasteiger partial charge in [0.1, 0.15) is 0 Å². The minimum atomic E-state index is 0.491. The van der Waals surface area contributed by atoms with Crippen molar-refractivity contribution in [2.75, 3.05) is 18.0 Å². The van der Waals surface area contributed by atoms with Gasteiger partial charge in [-0.3, -0.25) is 0 Å². The van der Waals surface area contributed by atoms with Crippen LogP contribution in [-0.4, -0.2) is 25.2 Å². The Hall–Kier alpha value is -0.730. The van der Waals surface area contributed by atoms with E-state index in [1.165, 1.54) is 12.1 Å². The third-order valence-electron chi connectivity index (χ3n) is 4.09. The second-order valence-electron chi connectivity index (χ2n) is 5.35.